The summed E-state index contributed by atoms with van der Waals surface area (Å²) in [6.07, 6.45) is 2.75. The van der Waals surface area contributed by atoms with Crippen LogP contribution in [0, 0.1) is 0 Å². The van der Waals surface area contributed by atoms with Crippen molar-refractivity contribution in [1.29, 1.82) is 0 Å². The molecule has 0 saturated carbocycles. The van der Waals surface area contributed by atoms with E-state index in [1.54, 1.807) is 0 Å². The third-order valence-corrected chi connectivity index (χ3v) is 4.03. The molecule has 1 unspecified atom stereocenters. The molecule has 18 heavy (non-hydrogen) atoms. The molecule has 0 aromatic heterocycles. The molecule has 1 saturated heterocycles. The van der Waals surface area contributed by atoms with Crippen molar-refractivity contribution in [3.05, 3.63) is 29.3 Å². The first-order chi connectivity index (χ1) is 8.52. The molecular formula is C15H22N2O. The molecule has 0 aliphatic carbocycles. The summed E-state index contributed by atoms with van der Waals surface area (Å²) in [4.78, 5) is 2.47. The average Bonchev–Trinajstić information content (AvgIpc) is 2.81. The first-order valence-corrected chi connectivity index (χ1v) is 6.79. The highest BCUT2D eigenvalue weighted by molar-refractivity contribution is 5.46. The van der Waals surface area contributed by atoms with E-state index in [2.05, 4.69) is 30.9 Å². The molecule has 3 rings (SSSR count). The third-order valence-electron chi connectivity index (χ3n) is 4.03. The van der Waals surface area contributed by atoms with E-state index in [0.29, 0.717) is 6.10 Å². The molecule has 0 bridgehead atoms. The minimum absolute atomic E-state index is 0.0711. The van der Waals surface area contributed by atoms with Crippen molar-refractivity contribution in [2.75, 3.05) is 12.3 Å². The van der Waals surface area contributed by atoms with Gasteiger partial charge in [0.05, 0.1) is 11.7 Å². The van der Waals surface area contributed by atoms with E-state index in [9.17, 15) is 0 Å². The molecule has 3 nitrogen and oxygen atoms in total. The SMILES string of the molecule is CC1(C)CCC(CN2Cc3ccc(N)cc3C2)O1. The second-order valence-corrected chi connectivity index (χ2v) is 6.24. The summed E-state index contributed by atoms with van der Waals surface area (Å²) in [6, 6.07) is 6.26. The second-order valence-electron chi connectivity index (χ2n) is 6.24. The lowest BCUT2D eigenvalue weighted by atomic mass is 10.1. The molecule has 0 spiro atoms. The zero-order valence-corrected chi connectivity index (χ0v) is 11.3. The molecule has 1 aromatic rings. The fraction of sp³-hybridized carbons (Fsp3) is 0.600. The Balaban J connectivity index is 1.61. The summed E-state index contributed by atoms with van der Waals surface area (Å²) in [6.45, 7) is 7.47. The van der Waals surface area contributed by atoms with E-state index in [1.165, 1.54) is 24.0 Å². The van der Waals surface area contributed by atoms with Gasteiger partial charge in [0.2, 0.25) is 0 Å². The predicted molar refractivity (Wildman–Crippen MR) is 73.2 cm³/mol. The summed E-state index contributed by atoms with van der Waals surface area (Å²) in [7, 11) is 0. The van der Waals surface area contributed by atoms with Gasteiger partial charge in [-0.15, -0.1) is 0 Å². The van der Waals surface area contributed by atoms with Crippen molar-refractivity contribution in [2.24, 2.45) is 0 Å². The van der Waals surface area contributed by atoms with Crippen molar-refractivity contribution in [2.45, 2.75) is 51.5 Å². The molecule has 1 atom stereocenters. The van der Waals surface area contributed by atoms with Crippen molar-refractivity contribution in [1.82, 2.24) is 4.90 Å². The zero-order valence-electron chi connectivity index (χ0n) is 11.3. The van der Waals surface area contributed by atoms with Crippen LogP contribution in [0.5, 0.6) is 0 Å². The number of ether oxygens (including phenoxy) is 1. The number of nitrogens with two attached hydrogens (primary N) is 1. The van der Waals surface area contributed by atoms with Crippen LogP contribution in [0.15, 0.2) is 18.2 Å². The highest BCUT2D eigenvalue weighted by Crippen LogP contribution is 2.32. The van der Waals surface area contributed by atoms with E-state index in [1.807, 2.05) is 6.07 Å². The average molecular weight is 246 g/mol. The maximum Gasteiger partial charge on any atom is 0.0710 e. The molecule has 0 amide bonds. The molecule has 1 fully saturated rings. The van der Waals surface area contributed by atoms with Crippen molar-refractivity contribution >= 4 is 5.69 Å². The van der Waals surface area contributed by atoms with Crippen LogP contribution in [0.4, 0.5) is 5.69 Å². The number of fused-ring (bicyclic) bond motifs is 1. The molecule has 0 radical (unpaired) electrons. The fourth-order valence-corrected chi connectivity index (χ4v) is 3.11. The van der Waals surface area contributed by atoms with E-state index < -0.39 is 0 Å². The Hall–Kier alpha value is -1.06. The Morgan fingerprint density at radius 3 is 2.83 bits per heavy atom. The quantitative estimate of drug-likeness (QED) is 0.815. The number of hydrogen-bond donors (Lipinski definition) is 1. The van der Waals surface area contributed by atoms with Gasteiger partial charge in [0.25, 0.3) is 0 Å². The summed E-state index contributed by atoms with van der Waals surface area (Å²) >= 11 is 0. The summed E-state index contributed by atoms with van der Waals surface area (Å²) < 4.78 is 6.07. The Morgan fingerprint density at radius 1 is 1.33 bits per heavy atom. The lowest BCUT2D eigenvalue weighted by Gasteiger charge is -2.23. The molecule has 1 aromatic carbocycles. The first kappa shape index (κ1) is 12.0. The first-order valence-electron chi connectivity index (χ1n) is 6.79. The fourth-order valence-electron chi connectivity index (χ4n) is 3.11. The molecule has 3 heteroatoms. The van der Waals surface area contributed by atoms with Gasteiger partial charge in [0, 0.05) is 25.3 Å². The highest BCUT2D eigenvalue weighted by Gasteiger charge is 2.33. The van der Waals surface area contributed by atoms with Gasteiger partial charge in [-0.3, -0.25) is 4.90 Å². The Morgan fingerprint density at radius 2 is 2.11 bits per heavy atom. The Kier molecular flexibility index (Phi) is 2.83. The van der Waals surface area contributed by atoms with E-state index in [-0.39, 0.29) is 5.60 Å². The molecule has 2 N–H and O–H groups in total. The molecule has 2 heterocycles. The van der Waals surface area contributed by atoms with Gasteiger partial charge in [-0.2, -0.15) is 0 Å². The predicted octanol–water partition coefficient (Wildman–Crippen LogP) is 2.54. The maximum atomic E-state index is 6.07. The Bertz CT molecular complexity index is 456. The number of nitrogens with zero attached hydrogens (tertiary/aromatic N) is 1. The van der Waals surface area contributed by atoms with Crippen molar-refractivity contribution in [3.63, 3.8) is 0 Å². The van der Waals surface area contributed by atoms with Gasteiger partial charge < -0.3 is 10.5 Å². The van der Waals surface area contributed by atoms with Gasteiger partial charge in [0.15, 0.2) is 0 Å². The topological polar surface area (TPSA) is 38.5 Å². The van der Waals surface area contributed by atoms with Crippen LogP contribution >= 0.6 is 0 Å². The van der Waals surface area contributed by atoms with Crippen molar-refractivity contribution in [3.8, 4) is 0 Å². The summed E-state index contributed by atoms with van der Waals surface area (Å²) in [5.74, 6) is 0. The lowest BCUT2D eigenvalue weighted by molar-refractivity contribution is -0.0292. The number of nitrogen functional groups attached to an aromatic ring is 1. The molecule has 2 aliphatic rings. The smallest absolute Gasteiger partial charge is 0.0710 e. The zero-order chi connectivity index (χ0) is 12.8. The van der Waals surface area contributed by atoms with Crippen LogP contribution in [0.25, 0.3) is 0 Å². The summed E-state index contributed by atoms with van der Waals surface area (Å²) in [5.41, 5.74) is 9.57. The van der Waals surface area contributed by atoms with Gasteiger partial charge >= 0.3 is 0 Å². The van der Waals surface area contributed by atoms with Crippen LogP contribution in [-0.4, -0.2) is 23.1 Å². The highest BCUT2D eigenvalue weighted by atomic mass is 16.5. The van der Waals surface area contributed by atoms with Crippen LogP contribution in [0.3, 0.4) is 0 Å². The molecular weight excluding hydrogens is 224 g/mol. The third kappa shape index (κ3) is 2.38. The number of benzene rings is 1. The minimum Gasteiger partial charge on any atom is -0.399 e. The normalized spacial score (nSPS) is 26.4. The largest absolute Gasteiger partial charge is 0.399 e. The number of anilines is 1. The standard InChI is InChI=1S/C15H22N2O/c1-15(2)6-5-14(18-15)10-17-8-11-3-4-13(16)7-12(11)9-17/h3-4,7,14H,5-6,8-10,16H2,1-2H3. The monoisotopic (exact) mass is 246 g/mol. The summed E-state index contributed by atoms with van der Waals surface area (Å²) in [5, 5.41) is 0. The maximum absolute atomic E-state index is 6.07. The van der Waals surface area contributed by atoms with Crippen LogP contribution in [0.1, 0.15) is 37.8 Å². The van der Waals surface area contributed by atoms with Gasteiger partial charge in [0.1, 0.15) is 0 Å². The molecule has 2 aliphatic heterocycles. The van der Waals surface area contributed by atoms with E-state index in [4.69, 9.17) is 10.5 Å². The minimum atomic E-state index is 0.0711. The van der Waals surface area contributed by atoms with Crippen LogP contribution in [0.2, 0.25) is 0 Å². The van der Waals surface area contributed by atoms with Crippen LogP contribution < -0.4 is 5.73 Å². The van der Waals surface area contributed by atoms with Crippen LogP contribution in [-0.2, 0) is 17.8 Å². The van der Waals surface area contributed by atoms with Gasteiger partial charge in [-0.05, 0) is 49.9 Å². The van der Waals surface area contributed by atoms with Crippen molar-refractivity contribution < 1.29 is 4.74 Å². The van der Waals surface area contributed by atoms with Gasteiger partial charge in [-0.1, -0.05) is 6.07 Å². The van der Waals surface area contributed by atoms with Gasteiger partial charge in [-0.25, -0.2) is 0 Å². The Labute approximate surface area is 109 Å². The lowest BCUT2D eigenvalue weighted by Crippen LogP contribution is -2.30. The molecule has 98 valence electrons. The van der Waals surface area contributed by atoms with E-state index in [0.717, 1.165) is 25.3 Å². The van der Waals surface area contributed by atoms with E-state index >= 15 is 0 Å². The number of rotatable bonds is 2. The number of hydrogen-bond acceptors (Lipinski definition) is 3. The second kappa shape index (κ2) is 4.25.